The Hall–Kier alpha value is -1.18. The first kappa shape index (κ1) is 5.95. The third kappa shape index (κ3) is 1.64. The molecule has 0 fully saturated rings. The molecule has 0 saturated carbocycles. The van der Waals surface area contributed by atoms with Gasteiger partial charge >= 0.3 is 0 Å². The van der Waals surface area contributed by atoms with Crippen molar-refractivity contribution in [2.45, 2.75) is 6.42 Å². The van der Waals surface area contributed by atoms with Crippen molar-refractivity contribution < 1.29 is 4.79 Å². The van der Waals surface area contributed by atoms with Crippen molar-refractivity contribution >= 4 is 12.5 Å². The van der Waals surface area contributed by atoms with Crippen molar-refractivity contribution in [1.82, 2.24) is 0 Å². The second kappa shape index (κ2) is 2.97. The molecule has 2 heteroatoms. The summed E-state index contributed by atoms with van der Waals surface area (Å²) in [6.07, 6.45) is 8.39. The lowest BCUT2D eigenvalue weighted by Crippen LogP contribution is -1.82. The van der Waals surface area contributed by atoms with E-state index < -0.39 is 0 Å². The first-order valence-electron chi connectivity index (χ1n) is 2.76. The van der Waals surface area contributed by atoms with Crippen LogP contribution in [0.1, 0.15) is 6.42 Å². The van der Waals surface area contributed by atoms with Crippen molar-refractivity contribution in [2.24, 2.45) is 4.99 Å². The molecule has 0 saturated heterocycles. The number of nitrogens with zero attached hydrogens (tertiary/aromatic N) is 1. The lowest BCUT2D eigenvalue weighted by atomic mass is 10.2. The van der Waals surface area contributed by atoms with Crippen LogP contribution in [0.2, 0.25) is 0 Å². The Bertz CT molecular complexity index is 189. The van der Waals surface area contributed by atoms with Gasteiger partial charge in [0.1, 0.15) is 6.29 Å². The Kier molecular flexibility index (Phi) is 1.96. The normalized spacial score (nSPS) is 16.7. The average Bonchev–Trinajstić information content (AvgIpc) is 2.13. The number of allylic oxidation sites excluding steroid dienone is 3. The molecule has 0 bridgehead atoms. The summed E-state index contributed by atoms with van der Waals surface area (Å²) in [6.45, 7) is 0. The zero-order valence-electron chi connectivity index (χ0n) is 4.95. The molecule has 46 valence electrons. The van der Waals surface area contributed by atoms with Gasteiger partial charge in [-0.15, -0.1) is 0 Å². The Morgan fingerprint density at radius 1 is 1.67 bits per heavy atom. The van der Waals surface area contributed by atoms with Gasteiger partial charge in [0.2, 0.25) is 0 Å². The minimum absolute atomic E-state index is 0.649. The summed E-state index contributed by atoms with van der Waals surface area (Å²) < 4.78 is 0. The molecule has 0 unspecified atom stereocenters. The van der Waals surface area contributed by atoms with Crippen molar-refractivity contribution in [1.29, 1.82) is 0 Å². The highest BCUT2D eigenvalue weighted by Gasteiger charge is 1.90. The smallest absolute Gasteiger partial charge is 0.146 e. The molecule has 1 aliphatic rings. The van der Waals surface area contributed by atoms with Gasteiger partial charge in [0.05, 0.1) is 0 Å². The summed E-state index contributed by atoms with van der Waals surface area (Å²) in [7, 11) is 0. The van der Waals surface area contributed by atoms with E-state index in [-0.39, 0.29) is 0 Å². The van der Waals surface area contributed by atoms with Crippen LogP contribution < -0.4 is 0 Å². The van der Waals surface area contributed by atoms with Gasteiger partial charge in [-0.3, -0.25) is 9.79 Å². The highest BCUT2D eigenvalue weighted by molar-refractivity contribution is 5.81. The van der Waals surface area contributed by atoms with Crippen molar-refractivity contribution in [3.63, 3.8) is 0 Å². The fourth-order valence-electron chi connectivity index (χ4n) is 0.591. The second-order valence-electron chi connectivity index (χ2n) is 1.74. The van der Waals surface area contributed by atoms with E-state index >= 15 is 0 Å². The lowest BCUT2D eigenvalue weighted by molar-refractivity contribution is -0.104. The fraction of sp³-hybridized carbons (Fsp3) is 0.143. The summed E-state index contributed by atoms with van der Waals surface area (Å²) in [6, 6.07) is 0. The zero-order chi connectivity index (χ0) is 6.53. The highest BCUT2D eigenvalue weighted by Crippen LogP contribution is 1.98. The maximum Gasteiger partial charge on any atom is 0.146 e. The molecule has 1 aliphatic heterocycles. The van der Waals surface area contributed by atoms with E-state index in [9.17, 15) is 4.79 Å². The molecule has 0 aromatic carbocycles. The summed E-state index contributed by atoms with van der Waals surface area (Å²) in [5.74, 6) is 0. The van der Waals surface area contributed by atoms with Crippen LogP contribution in [0.5, 0.6) is 0 Å². The average molecular weight is 121 g/mol. The van der Waals surface area contributed by atoms with E-state index in [1.165, 1.54) is 0 Å². The van der Waals surface area contributed by atoms with Gasteiger partial charge in [-0.1, -0.05) is 6.08 Å². The predicted molar refractivity (Wildman–Crippen MR) is 36.4 cm³/mol. The van der Waals surface area contributed by atoms with Gasteiger partial charge in [0.25, 0.3) is 0 Å². The Morgan fingerprint density at radius 2 is 2.56 bits per heavy atom. The van der Waals surface area contributed by atoms with Crippen LogP contribution in [0.25, 0.3) is 0 Å². The molecule has 0 amide bonds. The van der Waals surface area contributed by atoms with E-state index in [0.717, 1.165) is 11.9 Å². The van der Waals surface area contributed by atoms with E-state index in [1.54, 1.807) is 24.6 Å². The van der Waals surface area contributed by atoms with E-state index in [0.29, 0.717) is 6.42 Å². The summed E-state index contributed by atoms with van der Waals surface area (Å²) >= 11 is 0. The van der Waals surface area contributed by atoms with Crippen LogP contribution in [0.15, 0.2) is 28.9 Å². The molecule has 9 heavy (non-hydrogen) atoms. The van der Waals surface area contributed by atoms with Gasteiger partial charge < -0.3 is 0 Å². The highest BCUT2D eigenvalue weighted by atomic mass is 16.1. The van der Waals surface area contributed by atoms with Crippen LogP contribution in [0, 0.1) is 0 Å². The molecule has 1 rings (SSSR count). The second-order valence-corrected chi connectivity index (χ2v) is 1.74. The number of rotatable bonds is 1. The molecular weight excluding hydrogens is 114 g/mol. The standard InChI is InChI=1S/C7H7NO/c9-6-7-2-1-4-8-5-3-7/h1-2,4-6H,3H2. The quantitative estimate of drug-likeness (QED) is 0.477. The Labute approximate surface area is 53.6 Å². The maximum atomic E-state index is 10.1. The van der Waals surface area contributed by atoms with Gasteiger partial charge in [-0.05, 0) is 11.6 Å². The maximum absolute atomic E-state index is 10.1. The Morgan fingerprint density at radius 3 is 3.33 bits per heavy atom. The molecule has 0 N–H and O–H groups in total. The van der Waals surface area contributed by atoms with Crippen molar-refractivity contribution in [2.75, 3.05) is 0 Å². The number of aldehydes is 1. The summed E-state index contributed by atoms with van der Waals surface area (Å²) in [4.78, 5) is 14.0. The number of hydrogen-bond acceptors (Lipinski definition) is 2. The molecule has 0 aromatic rings. The molecule has 0 radical (unpaired) electrons. The minimum Gasteiger partial charge on any atom is -0.298 e. The number of hydrogen-bond donors (Lipinski definition) is 0. The van der Waals surface area contributed by atoms with Gasteiger partial charge in [-0.25, -0.2) is 0 Å². The molecule has 2 nitrogen and oxygen atoms in total. The topological polar surface area (TPSA) is 29.4 Å². The summed E-state index contributed by atoms with van der Waals surface area (Å²) in [5.41, 5.74) is 0.771. The van der Waals surface area contributed by atoms with Gasteiger partial charge in [0.15, 0.2) is 0 Å². The number of carbonyl (C=O) groups is 1. The van der Waals surface area contributed by atoms with Gasteiger partial charge in [-0.2, -0.15) is 0 Å². The van der Waals surface area contributed by atoms with E-state index in [1.807, 2.05) is 0 Å². The molecule has 0 atom stereocenters. The van der Waals surface area contributed by atoms with Crippen molar-refractivity contribution in [3.8, 4) is 0 Å². The third-order valence-corrected chi connectivity index (χ3v) is 1.07. The summed E-state index contributed by atoms with van der Waals surface area (Å²) in [5, 5.41) is 0. The largest absolute Gasteiger partial charge is 0.298 e. The molecule has 0 aromatic heterocycles. The molecule has 0 spiro atoms. The number of aliphatic imine (C=N–C) groups is 1. The SMILES string of the molecule is O=CC1=CC=CN=CC1. The third-order valence-electron chi connectivity index (χ3n) is 1.07. The van der Waals surface area contributed by atoms with Crippen LogP contribution in [0.4, 0.5) is 0 Å². The van der Waals surface area contributed by atoms with E-state index in [4.69, 9.17) is 0 Å². The van der Waals surface area contributed by atoms with Crippen LogP contribution in [-0.4, -0.2) is 12.5 Å². The van der Waals surface area contributed by atoms with Crippen LogP contribution in [0.3, 0.4) is 0 Å². The monoisotopic (exact) mass is 121 g/mol. The number of carbonyl (C=O) groups excluding carboxylic acids is 1. The first-order chi connectivity index (χ1) is 4.43. The van der Waals surface area contributed by atoms with E-state index in [2.05, 4.69) is 4.99 Å². The Balaban J connectivity index is 2.73. The molecule has 0 aliphatic carbocycles. The molecular formula is C7H7NO. The van der Waals surface area contributed by atoms with Crippen LogP contribution >= 0.6 is 0 Å². The van der Waals surface area contributed by atoms with Gasteiger partial charge in [0, 0.05) is 18.8 Å². The first-order valence-corrected chi connectivity index (χ1v) is 2.76. The minimum atomic E-state index is 0.649. The lowest BCUT2D eigenvalue weighted by Gasteiger charge is -1.84. The fourth-order valence-corrected chi connectivity index (χ4v) is 0.591. The predicted octanol–water partition coefficient (Wildman–Crippen LogP) is 1.10. The zero-order valence-corrected chi connectivity index (χ0v) is 4.95. The van der Waals surface area contributed by atoms with Crippen LogP contribution in [-0.2, 0) is 4.79 Å². The molecule has 1 heterocycles. The van der Waals surface area contributed by atoms with Crippen molar-refractivity contribution in [3.05, 3.63) is 23.9 Å².